The Labute approximate surface area is 200 Å². The summed E-state index contributed by atoms with van der Waals surface area (Å²) in [6.07, 6.45) is 0.0848. The van der Waals surface area contributed by atoms with Crippen molar-refractivity contribution in [2.45, 2.75) is 52.4 Å². The van der Waals surface area contributed by atoms with Crippen LogP contribution in [0.15, 0.2) is 28.7 Å². The molecule has 1 amide bonds. The lowest BCUT2D eigenvalue weighted by Crippen LogP contribution is -2.15. The third kappa shape index (κ3) is 7.03. The van der Waals surface area contributed by atoms with E-state index >= 15 is 0 Å². The van der Waals surface area contributed by atoms with Crippen molar-refractivity contribution in [2.24, 2.45) is 0 Å². The van der Waals surface area contributed by atoms with Crippen molar-refractivity contribution in [1.82, 2.24) is 19.7 Å². The van der Waals surface area contributed by atoms with E-state index in [1.165, 1.54) is 28.7 Å². The highest BCUT2D eigenvalue weighted by Gasteiger charge is 2.15. The number of esters is 1. The lowest BCUT2D eigenvalue weighted by atomic mass is 10.1. The minimum Gasteiger partial charge on any atom is -0.485 e. The Kier molecular flexibility index (Phi) is 8.84. The third-order valence-electron chi connectivity index (χ3n) is 4.56. The number of carbonyl (C=O) groups is 2. The topological polar surface area (TPSA) is 108 Å². The van der Waals surface area contributed by atoms with E-state index in [4.69, 9.17) is 9.47 Å². The van der Waals surface area contributed by atoms with Crippen LogP contribution in [0.5, 0.6) is 5.75 Å². The molecule has 2 heterocycles. The second-order valence-electron chi connectivity index (χ2n) is 7.16. The molecule has 9 nitrogen and oxygen atoms in total. The highest BCUT2D eigenvalue weighted by Crippen LogP contribution is 2.22. The van der Waals surface area contributed by atoms with E-state index in [2.05, 4.69) is 26.6 Å². The molecule has 3 rings (SSSR count). The summed E-state index contributed by atoms with van der Waals surface area (Å²) < 4.78 is 12.8. The lowest BCUT2D eigenvalue weighted by Gasteiger charge is -2.11. The standard InChI is InChI=1S/C22H27N5O4S2/c1-5-27-18(11-31-17-8-7-14(3)9-15(17)4)25-26-22(27)33-13-19(28)24-21-23-16(12-32-21)10-20(29)30-6-2/h7-9,12H,5-6,10-11,13H2,1-4H3,(H,23,24,28). The molecule has 0 saturated heterocycles. The van der Waals surface area contributed by atoms with E-state index < -0.39 is 0 Å². The summed E-state index contributed by atoms with van der Waals surface area (Å²) in [6, 6.07) is 6.03. The Morgan fingerprint density at radius 1 is 1.21 bits per heavy atom. The van der Waals surface area contributed by atoms with Crippen LogP contribution >= 0.6 is 23.1 Å². The highest BCUT2D eigenvalue weighted by molar-refractivity contribution is 7.99. The molecule has 0 radical (unpaired) electrons. The van der Waals surface area contributed by atoms with Gasteiger partial charge in [-0.3, -0.25) is 9.59 Å². The molecule has 2 aromatic heterocycles. The molecule has 33 heavy (non-hydrogen) atoms. The number of amides is 1. The Morgan fingerprint density at radius 2 is 2.03 bits per heavy atom. The summed E-state index contributed by atoms with van der Waals surface area (Å²) in [4.78, 5) is 28.2. The SMILES string of the molecule is CCOC(=O)Cc1csc(NC(=O)CSc2nnc(COc3ccc(C)cc3C)n2CC)n1. The largest absolute Gasteiger partial charge is 0.485 e. The number of ether oxygens (including phenoxy) is 2. The van der Waals surface area contributed by atoms with Crippen LogP contribution < -0.4 is 10.1 Å². The van der Waals surface area contributed by atoms with Crippen LogP contribution in [-0.2, 0) is 33.9 Å². The predicted octanol–water partition coefficient (Wildman–Crippen LogP) is 3.79. The zero-order valence-corrected chi connectivity index (χ0v) is 20.7. The smallest absolute Gasteiger partial charge is 0.311 e. The van der Waals surface area contributed by atoms with Gasteiger partial charge in [0.25, 0.3) is 0 Å². The maximum absolute atomic E-state index is 12.4. The van der Waals surface area contributed by atoms with E-state index in [1.54, 1.807) is 12.3 Å². The van der Waals surface area contributed by atoms with Gasteiger partial charge in [0.15, 0.2) is 16.1 Å². The summed E-state index contributed by atoms with van der Waals surface area (Å²) in [6.45, 7) is 9.07. The molecule has 0 aliphatic rings. The number of thiazole rings is 1. The first kappa shape index (κ1) is 24.7. The number of thioether (sulfide) groups is 1. The molecule has 0 atom stereocenters. The van der Waals surface area contributed by atoms with Gasteiger partial charge in [-0.25, -0.2) is 4.98 Å². The number of aromatic nitrogens is 4. The molecule has 176 valence electrons. The first-order valence-corrected chi connectivity index (χ1v) is 12.4. The second-order valence-corrected chi connectivity index (χ2v) is 8.96. The number of hydrogen-bond donors (Lipinski definition) is 1. The van der Waals surface area contributed by atoms with E-state index in [0.717, 1.165) is 11.3 Å². The second kappa shape index (κ2) is 11.8. The predicted molar refractivity (Wildman–Crippen MR) is 128 cm³/mol. The van der Waals surface area contributed by atoms with Crippen LogP contribution in [0.1, 0.15) is 36.5 Å². The fourth-order valence-corrected chi connectivity index (χ4v) is 4.59. The van der Waals surface area contributed by atoms with E-state index in [1.807, 2.05) is 37.5 Å². The van der Waals surface area contributed by atoms with Crippen molar-refractivity contribution in [2.75, 3.05) is 17.7 Å². The molecule has 1 N–H and O–H groups in total. The van der Waals surface area contributed by atoms with Crippen LogP contribution in [0.25, 0.3) is 0 Å². The molecule has 0 aliphatic heterocycles. The number of nitrogens with one attached hydrogen (secondary N) is 1. The molecule has 0 saturated carbocycles. The van der Waals surface area contributed by atoms with Crippen molar-refractivity contribution < 1.29 is 19.1 Å². The van der Waals surface area contributed by atoms with Gasteiger partial charge in [-0.05, 0) is 39.3 Å². The monoisotopic (exact) mass is 489 g/mol. The molecule has 0 unspecified atom stereocenters. The molecule has 11 heteroatoms. The maximum Gasteiger partial charge on any atom is 0.311 e. The summed E-state index contributed by atoms with van der Waals surface area (Å²) in [5.41, 5.74) is 2.82. The van der Waals surface area contributed by atoms with E-state index in [0.29, 0.717) is 41.6 Å². The van der Waals surface area contributed by atoms with Crippen LogP contribution in [0.4, 0.5) is 5.13 Å². The molecule has 0 bridgehead atoms. The van der Waals surface area contributed by atoms with Gasteiger partial charge in [0.1, 0.15) is 12.4 Å². The summed E-state index contributed by atoms with van der Waals surface area (Å²) in [5.74, 6) is 1.11. The third-order valence-corrected chi connectivity index (χ3v) is 6.33. The number of benzene rings is 1. The van der Waals surface area contributed by atoms with Gasteiger partial charge in [0, 0.05) is 11.9 Å². The Hall–Kier alpha value is -2.92. The van der Waals surface area contributed by atoms with Gasteiger partial charge >= 0.3 is 5.97 Å². The van der Waals surface area contributed by atoms with Crippen molar-refractivity contribution in [3.05, 3.63) is 46.2 Å². The fourth-order valence-electron chi connectivity index (χ4n) is 3.04. The van der Waals surface area contributed by atoms with Gasteiger partial charge in [-0.1, -0.05) is 29.5 Å². The number of anilines is 1. The number of aryl methyl sites for hydroxylation is 2. The maximum atomic E-state index is 12.4. The number of nitrogens with zero attached hydrogens (tertiary/aromatic N) is 4. The lowest BCUT2D eigenvalue weighted by molar-refractivity contribution is -0.142. The Bertz CT molecular complexity index is 1110. The van der Waals surface area contributed by atoms with Crippen LogP contribution in [-0.4, -0.2) is 44.0 Å². The van der Waals surface area contributed by atoms with Crippen molar-refractivity contribution >= 4 is 40.1 Å². The van der Waals surface area contributed by atoms with Gasteiger partial charge in [0.05, 0.1) is 24.5 Å². The average molecular weight is 490 g/mol. The van der Waals surface area contributed by atoms with Gasteiger partial charge < -0.3 is 19.4 Å². The Morgan fingerprint density at radius 3 is 2.76 bits per heavy atom. The fraction of sp³-hybridized carbons (Fsp3) is 0.409. The Balaban J connectivity index is 1.53. The molecule has 0 aliphatic carbocycles. The first-order chi connectivity index (χ1) is 15.9. The average Bonchev–Trinajstić information content (AvgIpc) is 3.37. The molecule has 0 fully saturated rings. The molecule has 0 spiro atoms. The number of rotatable bonds is 11. The molecule has 1 aromatic carbocycles. The number of carbonyl (C=O) groups excluding carboxylic acids is 2. The van der Waals surface area contributed by atoms with Gasteiger partial charge in [0.2, 0.25) is 5.91 Å². The normalized spacial score (nSPS) is 10.8. The van der Waals surface area contributed by atoms with E-state index in [9.17, 15) is 9.59 Å². The molecular formula is C22H27N5O4S2. The minimum atomic E-state index is -0.340. The minimum absolute atomic E-state index is 0.0848. The first-order valence-electron chi connectivity index (χ1n) is 10.5. The summed E-state index contributed by atoms with van der Waals surface area (Å²) in [7, 11) is 0. The van der Waals surface area contributed by atoms with E-state index in [-0.39, 0.29) is 24.1 Å². The zero-order valence-electron chi connectivity index (χ0n) is 19.1. The number of hydrogen-bond acceptors (Lipinski definition) is 9. The van der Waals surface area contributed by atoms with Crippen LogP contribution in [0.3, 0.4) is 0 Å². The molecule has 3 aromatic rings. The van der Waals surface area contributed by atoms with Crippen LogP contribution in [0, 0.1) is 13.8 Å². The van der Waals surface area contributed by atoms with Gasteiger partial charge in [-0.15, -0.1) is 21.5 Å². The van der Waals surface area contributed by atoms with Crippen molar-refractivity contribution in [3.63, 3.8) is 0 Å². The van der Waals surface area contributed by atoms with Crippen LogP contribution in [0.2, 0.25) is 0 Å². The summed E-state index contributed by atoms with van der Waals surface area (Å²) >= 11 is 2.56. The molecular weight excluding hydrogens is 462 g/mol. The van der Waals surface area contributed by atoms with Crippen molar-refractivity contribution in [1.29, 1.82) is 0 Å². The zero-order chi connectivity index (χ0) is 23.8. The quantitative estimate of drug-likeness (QED) is 0.320. The highest BCUT2D eigenvalue weighted by atomic mass is 32.2. The summed E-state index contributed by atoms with van der Waals surface area (Å²) in [5, 5.41) is 14.0. The van der Waals surface area contributed by atoms with Crippen molar-refractivity contribution in [3.8, 4) is 5.75 Å². The van der Waals surface area contributed by atoms with Gasteiger partial charge in [-0.2, -0.15) is 0 Å².